The summed E-state index contributed by atoms with van der Waals surface area (Å²) in [5.41, 5.74) is 1.67. The lowest BCUT2D eigenvalue weighted by molar-refractivity contribution is -0.0886. The number of hydrogen-bond acceptors (Lipinski definition) is 4. The van der Waals surface area contributed by atoms with Gasteiger partial charge in [-0.3, -0.25) is 4.79 Å². The van der Waals surface area contributed by atoms with Gasteiger partial charge in [-0.2, -0.15) is 0 Å². The van der Waals surface area contributed by atoms with Gasteiger partial charge in [-0.15, -0.1) is 0 Å². The Morgan fingerprint density at radius 2 is 2.03 bits per heavy atom. The smallest absolute Gasteiger partial charge is 0.257 e. The maximum absolute atomic E-state index is 13.3. The van der Waals surface area contributed by atoms with Gasteiger partial charge in [0, 0.05) is 31.4 Å². The third kappa shape index (κ3) is 3.56. The minimum Gasteiger partial charge on any atom is -0.486 e. The number of rotatable bonds is 4. The van der Waals surface area contributed by atoms with Crippen LogP contribution in [0.25, 0.3) is 5.65 Å². The first-order chi connectivity index (χ1) is 14.6. The fraction of sp³-hybridized carbons (Fsp3) is 0.417. The van der Waals surface area contributed by atoms with Crippen molar-refractivity contribution in [2.24, 2.45) is 5.92 Å². The van der Waals surface area contributed by atoms with Crippen molar-refractivity contribution >= 4 is 11.6 Å². The van der Waals surface area contributed by atoms with Crippen LogP contribution >= 0.6 is 0 Å². The Morgan fingerprint density at radius 3 is 2.93 bits per heavy atom. The topological polar surface area (TPSA) is 67.1 Å². The fourth-order valence-electron chi connectivity index (χ4n) is 4.90. The van der Waals surface area contributed by atoms with Crippen molar-refractivity contribution < 1.29 is 14.6 Å². The molecule has 6 nitrogen and oxygen atoms in total. The van der Waals surface area contributed by atoms with Gasteiger partial charge in [0.1, 0.15) is 18.0 Å². The first-order valence-electron chi connectivity index (χ1n) is 10.8. The number of amides is 1. The summed E-state index contributed by atoms with van der Waals surface area (Å²) in [4.78, 5) is 19.7. The zero-order valence-corrected chi connectivity index (χ0v) is 17.0. The highest BCUT2D eigenvalue weighted by molar-refractivity contribution is 5.97. The van der Waals surface area contributed by atoms with Gasteiger partial charge in [-0.25, -0.2) is 4.98 Å². The highest BCUT2D eigenvalue weighted by atomic mass is 16.5. The van der Waals surface area contributed by atoms with Crippen molar-refractivity contribution in [3.63, 3.8) is 0 Å². The molecule has 0 spiro atoms. The summed E-state index contributed by atoms with van der Waals surface area (Å²) in [5, 5.41) is 10.9. The molecular weight excluding hydrogens is 378 g/mol. The Hall–Kier alpha value is -2.86. The molecule has 0 radical (unpaired) electrons. The van der Waals surface area contributed by atoms with Gasteiger partial charge < -0.3 is 19.1 Å². The number of aromatic nitrogens is 2. The number of benzene rings is 1. The van der Waals surface area contributed by atoms with Crippen LogP contribution in [0.1, 0.15) is 48.2 Å². The molecule has 30 heavy (non-hydrogen) atoms. The monoisotopic (exact) mass is 405 g/mol. The lowest BCUT2D eigenvalue weighted by atomic mass is 9.71. The zero-order valence-electron chi connectivity index (χ0n) is 17.0. The minimum atomic E-state index is -0.589. The molecule has 1 amide bonds. The maximum Gasteiger partial charge on any atom is 0.257 e. The molecule has 2 aromatic heterocycles. The van der Waals surface area contributed by atoms with E-state index in [1.165, 1.54) is 0 Å². The van der Waals surface area contributed by atoms with Crippen molar-refractivity contribution in [3.05, 3.63) is 66.1 Å². The van der Waals surface area contributed by atoms with E-state index < -0.39 is 5.60 Å². The highest BCUT2D eigenvalue weighted by Gasteiger charge is 2.44. The molecule has 1 saturated carbocycles. The Balaban J connectivity index is 1.31. The predicted molar refractivity (Wildman–Crippen MR) is 113 cm³/mol. The summed E-state index contributed by atoms with van der Waals surface area (Å²) >= 11 is 0. The molecule has 1 N–H and O–H groups in total. The lowest BCUT2D eigenvalue weighted by Crippen LogP contribution is -2.54. The van der Waals surface area contributed by atoms with E-state index in [1.807, 2.05) is 64.2 Å². The van der Waals surface area contributed by atoms with Crippen LogP contribution in [-0.2, 0) is 6.61 Å². The largest absolute Gasteiger partial charge is 0.486 e. The quantitative estimate of drug-likeness (QED) is 0.719. The van der Waals surface area contributed by atoms with Gasteiger partial charge in [0.15, 0.2) is 0 Å². The fourth-order valence-corrected chi connectivity index (χ4v) is 4.90. The van der Waals surface area contributed by atoms with Crippen LogP contribution in [0.15, 0.2) is 54.9 Å². The van der Waals surface area contributed by atoms with Crippen molar-refractivity contribution in [3.8, 4) is 5.75 Å². The second kappa shape index (κ2) is 7.76. The van der Waals surface area contributed by atoms with E-state index in [4.69, 9.17) is 4.74 Å². The average molecular weight is 405 g/mol. The number of hydrogen-bond donors (Lipinski definition) is 1. The Kier molecular flexibility index (Phi) is 4.95. The average Bonchev–Trinajstić information content (AvgIpc) is 3.20. The third-order valence-electron chi connectivity index (χ3n) is 6.62. The highest BCUT2D eigenvalue weighted by Crippen LogP contribution is 2.40. The van der Waals surface area contributed by atoms with Crippen LogP contribution in [0.4, 0.5) is 0 Å². The molecule has 3 heterocycles. The molecule has 156 valence electrons. The zero-order chi connectivity index (χ0) is 20.6. The molecule has 5 rings (SSSR count). The van der Waals surface area contributed by atoms with E-state index in [9.17, 15) is 9.90 Å². The van der Waals surface area contributed by atoms with E-state index in [-0.39, 0.29) is 11.8 Å². The molecule has 3 aromatic rings. The summed E-state index contributed by atoms with van der Waals surface area (Å²) in [6.45, 7) is 1.51. The number of carbonyl (C=O) groups excluding carboxylic acids is 1. The first-order valence-corrected chi connectivity index (χ1v) is 10.8. The Morgan fingerprint density at radius 1 is 1.17 bits per heavy atom. The number of pyridine rings is 1. The second-order valence-electron chi connectivity index (χ2n) is 8.53. The van der Waals surface area contributed by atoms with Gasteiger partial charge in [0.05, 0.1) is 16.9 Å². The molecule has 1 aliphatic carbocycles. The molecule has 1 aliphatic heterocycles. The van der Waals surface area contributed by atoms with E-state index in [2.05, 4.69) is 4.98 Å². The van der Waals surface area contributed by atoms with Gasteiger partial charge in [-0.1, -0.05) is 31.0 Å². The second-order valence-corrected chi connectivity index (χ2v) is 8.53. The first kappa shape index (κ1) is 19.1. The normalized spacial score (nSPS) is 23.9. The number of carbonyl (C=O) groups is 1. The number of nitrogens with zero attached hydrogens (tertiary/aromatic N) is 3. The molecule has 1 saturated heterocycles. The number of para-hydroxylation sites is 1. The minimum absolute atomic E-state index is 0.0202. The molecule has 2 atom stereocenters. The van der Waals surface area contributed by atoms with Crippen LogP contribution in [0.3, 0.4) is 0 Å². The molecule has 2 aliphatic rings. The summed E-state index contributed by atoms with van der Waals surface area (Å²) < 4.78 is 7.97. The standard InChI is InChI=1S/C24H27N3O3/c28-23(27-14-12-24(29)11-5-3-7-18(24)15-27)20-8-1-2-9-21(20)30-17-19-16-26-13-6-4-10-22(26)25-19/h1-2,4,6,8-10,13,16,18,29H,3,5,7,11-12,14-15,17H2/t18-,24+/m0/s1. The summed E-state index contributed by atoms with van der Waals surface area (Å²) in [6.07, 6.45) is 8.62. The predicted octanol–water partition coefficient (Wildman–Crippen LogP) is 3.68. The molecule has 2 fully saturated rings. The lowest BCUT2D eigenvalue weighted by Gasteiger charge is -2.47. The summed E-state index contributed by atoms with van der Waals surface area (Å²) in [7, 11) is 0. The van der Waals surface area contributed by atoms with Crippen LogP contribution in [0, 0.1) is 5.92 Å². The number of aliphatic hydroxyl groups is 1. The SMILES string of the molecule is O=C(c1ccccc1OCc1cn2ccccc2n1)N1CC[C@]2(O)CCCC[C@H]2C1. The van der Waals surface area contributed by atoms with Gasteiger partial charge >= 0.3 is 0 Å². The Bertz CT molecular complexity index is 1030. The van der Waals surface area contributed by atoms with Gasteiger partial charge in [0.25, 0.3) is 5.91 Å². The maximum atomic E-state index is 13.3. The van der Waals surface area contributed by atoms with Crippen molar-refractivity contribution in [2.75, 3.05) is 13.1 Å². The number of fused-ring (bicyclic) bond motifs is 2. The summed E-state index contributed by atoms with van der Waals surface area (Å²) in [6, 6.07) is 13.3. The number of likely N-dealkylation sites (tertiary alicyclic amines) is 1. The summed E-state index contributed by atoms with van der Waals surface area (Å²) in [5.74, 6) is 0.729. The van der Waals surface area contributed by atoms with E-state index in [0.717, 1.165) is 37.0 Å². The van der Waals surface area contributed by atoms with Crippen LogP contribution < -0.4 is 4.74 Å². The van der Waals surface area contributed by atoms with Crippen molar-refractivity contribution in [1.82, 2.24) is 14.3 Å². The van der Waals surface area contributed by atoms with Crippen LogP contribution in [0.5, 0.6) is 5.75 Å². The number of piperidine rings is 1. The molecule has 6 heteroatoms. The van der Waals surface area contributed by atoms with Gasteiger partial charge in [-0.05, 0) is 43.5 Å². The van der Waals surface area contributed by atoms with Crippen molar-refractivity contribution in [2.45, 2.75) is 44.3 Å². The number of ether oxygens (including phenoxy) is 1. The van der Waals surface area contributed by atoms with Gasteiger partial charge in [0.2, 0.25) is 0 Å². The molecular formula is C24H27N3O3. The van der Waals surface area contributed by atoms with Crippen LogP contribution in [0.2, 0.25) is 0 Å². The van der Waals surface area contributed by atoms with E-state index in [0.29, 0.717) is 37.4 Å². The van der Waals surface area contributed by atoms with E-state index in [1.54, 1.807) is 0 Å². The van der Waals surface area contributed by atoms with Crippen LogP contribution in [-0.4, -0.2) is 44.0 Å². The molecule has 1 aromatic carbocycles. The van der Waals surface area contributed by atoms with E-state index >= 15 is 0 Å². The van der Waals surface area contributed by atoms with Crippen molar-refractivity contribution in [1.29, 1.82) is 0 Å². The molecule has 0 unspecified atom stereocenters. The third-order valence-corrected chi connectivity index (χ3v) is 6.62. The Labute approximate surface area is 176 Å². The number of imidazole rings is 1. The molecule has 0 bridgehead atoms.